The molecule has 31 heavy (non-hydrogen) atoms. The van der Waals surface area contributed by atoms with Crippen LogP contribution in [0.3, 0.4) is 0 Å². The van der Waals surface area contributed by atoms with E-state index in [1.165, 1.54) is 12.1 Å². The summed E-state index contributed by atoms with van der Waals surface area (Å²) in [6.45, 7) is 1.98. The number of aromatic nitrogens is 1. The number of carbonyl (C=O) groups is 1. The quantitative estimate of drug-likeness (QED) is 0.407. The second-order valence-electron chi connectivity index (χ2n) is 7.33. The van der Waals surface area contributed by atoms with Crippen molar-refractivity contribution in [3.63, 3.8) is 0 Å². The summed E-state index contributed by atoms with van der Waals surface area (Å²) in [7, 11) is 1.91. The molecule has 2 aromatic carbocycles. The lowest BCUT2D eigenvalue weighted by Gasteiger charge is -2.43. The van der Waals surface area contributed by atoms with Crippen LogP contribution in [0.15, 0.2) is 60.0 Å². The Morgan fingerprint density at radius 1 is 1.10 bits per heavy atom. The van der Waals surface area contributed by atoms with E-state index in [4.69, 9.17) is 5.73 Å². The van der Waals surface area contributed by atoms with Crippen molar-refractivity contribution in [3.8, 4) is 10.6 Å². The van der Waals surface area contributed by atoms with Gasteiger partial charge in [-0.3, -0.25) is 9.69 Å². The number of carbonyl (C=O) groups excluding carboxylic acids is 1. The number of nitrogens with zero attached hydrogens (tertiary/aromatic N) is 3. The normalized spacial score (nSPS) is 16.0. The van der Waals surface area contributed by atoms with Crippen LogP contribution in [-0.4, -0.2) is 17.9 Å². The summed E-state index contributed by atoms with van der Waals surface area (Å²) in [5, 5.41) is 3.04. The maximum absolute atomic E-state index is 14.0. The Bertz CT molecular complexity index is 1300. The van der Waals surface area contributed by atoms with E-state index >= 15 is 0 Å². The maximum Gasteiger partial charge on any atom is 0.262 e. The zero-order valence-electron chi connectivity index (χ0n) is 16.9. The summed E-state index contributed by atoms with van der Waals surface area (Å²) in [6, 6.07) is 15.6. The molecule has 5 nitrogen and oxygen atoms in total. The Morgan fingerprint density at radius 2 is 1.90 bits per heavy atom. The molecule has 0 unspecified atom stereocenters. The second kappa shape index (κ2) is 7.47. The van der Waals surface area contributed by atoms with Crippen molar-refractivity contribution in [1.82, 2.24) is 4.98 Å². The summed E-state index contributed by atoms with van der Waals surface area (Å²) in [6.07, 6.45) is -0.423. The lowest BCUT2D eigenvalue weighted by Crippen LogP contribution is -2.48. The first kappa shape index (κ1) is 19.7. The maximum atomic E-state index is 14.0. The highest BCUT2D eigenvalue weighted by atomic mass is 32.1. The van der Waals surface area contributed by atoms with Crippen molar-refractivity contribution in [2.75, 3.05) is 22.6 Å². The Kier molecular flexibility index (Phi) is 4.75. The largest absolute Gasteiger partial charge is 0.397 e. The SMILES string of the molecule is Cc1nc(-c2ccc([C@H]3N(C)c4ccc(F)cc4C(=O)N3c3ccccc3N)s2)cs1. The first-order valence-corrected chi connectivity index (χ1v) is 11.4. The smallest absolute Gasteiger partial charge is 0.262 e. The Labute approximate surface area is 187 Å². The number of thiophene rings is 1. The average Bonchev–Trinajstić information content (AvgIpc) is 3.40. The molecular formula is C23H19FN4OS2. The number of aryl methyl sites for hydroxylation is 1. The number of fused-ring (bicyclic) bond motifs is 1. The fourth-order valence-corrected chi connectivity index (χ4v) is 5.70. The van der Waals surface area contributed by atoms with Crippen molar-refractivity contribution in [2.45, 2.75) is 13.1 Å². The van der Waals surface area contributed by atoms with Crippen LogP contribution < -0.4 is 15.5 Å². The molecule has 0 saturated carbocycles. The molecule has 1 aliphatic heterocycles. The molecule has 3 heterocycles. The molecule has 0 bridgehead atoms. The Hall–Kier alpha value is -3.23. The molecule has 4 aromatic rings. The van der Waals surface area contributed by atoms with Crippen molar-refractivity contribution >= 4 is 45.6 Å². The summed E-state index contributed by atoms with van der Waals surface area (Å²) in [5.41, 5.74) is 9.26. The minimum Gasteiger partial charge on any atom is -0.397 e. The van der Waals surface area contributed by atoms with E-state index in [1.54, 1.807) is 39.7 Å². The van der Waals surface area contributed by atoms with E-state index in [2.05, 4.69) is 4.98 Å². The summed E-state index contributed by atoms with van der Waals surface area (Å²) < 4.78 is 14.0. The topological polar surface area (TPSA) is 62.5 Å². The highest BCUT2D eigenvalue weighted by Gasteiger charge is 2.39. The number of rotatable bonds is 3. The molecule has 0 fully saturated rings. The van der Waals surface area contributed by atoms with Gasteiger partial charge in [0.25, 0.3) is 5.91 Å². The van der Waals surface area contributed by atoms with Crippen LogP contribution in [0.4, 0.5) is 21.5 Å². The average molecular weight is 451 g/mol. The molecule has 2 aromatic heterocycles. The van der Waals surface area contributed by atoms with Gasteiger partial charge in [0, 0.05) is 17.3 Å². The highest BCUT2D eigenvalue weighted by molar-refractivity contribution is 7.16. The molecule has 2 N–H and O–H groups in total. The molecule has 0 saturated heterocycles. The first-order chi connectivity index (χ1) is 14.9. The van der Waals surface area contributed by atoms with Gasteiger partial charge in [0.2, 0.25) is 0 Å². The zero-order chi connectivity index (χ0) is 21.7. The summed E-state index contributed by atoms with van der Waals surface area (Å²) >= 11 is 3.19. The third kappa shape index (κ3) is 3.28. The number of halogens is 1. The van der Waals surface area contributed by atoms with E-state index in [0.717, 1.165) is 20.5 Å². The van der Waals surface area contributed by atoms with E-state index in [0.29, 0.717) is 22.6 Å². The molecular weight excluding hydrogens is 431 g/mol. The van der Waals surface area contributed by atoms with Crippen LogP contribution in [0.1, 0.15) is 26.4 Å². The lowest BCUT2D eigenvalue weighted by molar-refractivity contribution is 0.0970. The predicted octanol–water partition coefficient (Wildman–Crippen LogP) is 5.70. The van der Waals surface area contributed by atoms with Gasteiger partial charge in [-0.25, -0.2) is 9.37 Å². The number of benzene rings is 2. The monoisotopic (exact) mass is 450 g/mol. The van der Waals surface area contributed by atoms with Gasteiger partial charge in [-0.15, -0.1) is 22.7 Å². The van der Waals surface area contributed by atoms with E-state index in [-0.39, 0.29) is 5.91 Å². The van der Waals surface area contributed by atoms with Crippen molar-refractivity contribution < 1.29 is 9.18 Å². The van der Waals surface area contributed by atoms with Gasteiger partial charge in [-0.2, -0.15) is 0 Å². The Balaban J connectivity index is 1.68. The molecule has 1 amide bonds. The number of hydrogen-bond acceptors (Lipinski definition) is 6. The van der Waals surface area contributed by atoms with Crippen LogP contribution in [-0.2, 0) is 0 Å². The molecule has 0 radical (unpaired) electrons. The van der Waals surface area contributed by atoms with Crippen LogP contribution in [0.2, 0.25) is 0 Å². The minimum absolute atomic E-state index is 0.282. The third-order valence-corrected chi connectivity index (χ3v) is 7.27. The molecule has 156 valence electrons. The second-order valence-corrected chi connectivity index (χ2v) is 9.51. The van der Waals surface area contributed by atoms with E-state index in [9.17, 15) is 9.18 Å². The number of anilines is 3. The predicted molar refractivity (Wildman–Crippen MR) is 125 cm³/mol. The van der Waals surface area contributed by atoms with Gasteiger partial charge in [0.1, 0.15) is 12.0 Å². The van der Waals surface area contributed by atoms with E-state index < -0.39 is 12.0 Å². The van der Waals surface area contributed by atoms with E-state index in [1.807, 2.05) is 54.6 Å². The van der Waals surface area contributed by atoms with Gasteiger partial charge in [0.05, 0.1) is 38.2 Å². The van der Waals surface area contributed by atoms with Gasteiger partial charge in [0.15, 0.2) is 0 Å². The van der Waals surface area contributed by atoms with Crippen LogP contribution in [0, 0.1) is 12.7 Å². The van der Waals surface area contributed by atoms with Gasteiger partial charge >= 0.3 is 0 Å². The standard InChI is InChI=1S/C23H19FN4OS2/c1-13-26-17(12-30-13)20-9-10-21(31-20)22-27(2)18-8-7-14(24)11-15(18)23(29)28(22)19-6-4-3-5-16(19)25/h3-12,22H,25H2,1-2H3/t22-/m0/s1. The molecule has 0 spiro atoms. The van der Waals surface area contributed by atoms with Crippen molar-refractivity contribution in [2.24, 2.45) is 0 Å². The summed E-state index contributed by atoms with van der Waals surface area (Å²) in [4.78, 5) is 23.8. The lowest BCUT2D eigenvalue weighted by atomic mass is 10.0. The fourth-order valence-electron chi connectivity index (χ4n) is 3.90. The number of amides is 1. The number of hydrogen-bond donors (Lipinski definition) is 1. The van der Waals surface area contributed by atoms with Gasteiger partial charge in [-0.1, -0.05) is 12.1 Å². The number of thiazole rings is 1. The molecule has 1 atom stereocenters. The number of para-hydroxylation sites is 2. The Morgan fingerprint density at radius 3 is 2.65 bits per heavy atom. The fraction of sp³-hybridized carbons (Fsp3) is 0.130. The van der Waals surface area contributed by atoms with Crippen molar-refractivity contribution in [3.05, 3.63) is 81.2 Å². The van der Waals surface area contributed by atoms with Crippen molar-refractivity contribution in [1.29, 1.82) is 0 Å². The number of nitrogens with two attached hydrogens (primary N) is 1. The van der Waals surface area contributed by atoms with Crippen LogP contribution in [0.25, 0.3) is 10.6 Å². The first-order valence-electron chi connectivity index (χ1n) is 9.66. The van der Waals surface area contributed by atoms with Gasteiger partial charge < -0.3 is 10.6 Å². The highest BCUT2D eigenvalue weighted by Crippen LogP contribution is 2.45. The molecule has 5 rings (SSSR count). The van der Waals surface area contributed by atoms with Crippen LogP contribution in [0.5, 0.6) is 0 Å². The van der Waals surface area contributed by atoms with Gasteiger partial charge in [-0.05, 0) is 49.4 Å². The molecule has 8 heteroatoms. The molecule has 1 aliphatic rings. The molecule has 0 aliphatic carbocycles. The minimum atomic E-state index is -0.447. The third-order valence-electron chi connectivity index (χ3n) is 5.35. The van der Waals surface area contributed by atoms with Crippen LogP contribution >= 0.6 is 22.7 Å². The number of nitrogen functional groups attached to an aromatic ring is 1. The summed E-state index contributed by atoms with van der Waals surface area (Å²) in [5.74, 6) is -0.729. The zero-order valence-corrected chi connectivity index (χ0v) is 18.5.